The fourth-order valence-corrected chi connectivity index (χ4v) is 6.24. The van der Waals surface area contributed by atoms with Gasteiger partial charge in [0.05, 0.1) is 18.6 Å². The third kappa shape index (κ3) is 6.99. The molecule has 2 aliphatic rings. The Morgan fingerprint density at radius 1 is 1.05 bits per heavy atom. The largest absolute Gasteiger partial charge is 0.497 e. The summed E-state index contributed by atoms with van der Waals surface area (Å²) in [6.45, 7) is 3.08. The van der Waals surface area contributed by atoms with Gasteiger partial charge in [0, 0.05) is 18.7 Å². The van der Waals surface area contributed by atoms with Gasteiger partial charge in [-0.1, -0.05) is 38.3 Å². The van der Waals surface area contributed by atoms with E-state index in [9.17, 15) is 18.0 Å². The van der Waals surface area contributed by atoms with Crippen molar-refractivity contribution >= 4 is 27.5 Å². The minimum Gasteiger partial charge on any atom is -0.497 e. The first-order valence-electron chi connectivity index (χ1n) is 13.9. The highest BCUT2D eigenvalue weighted by Gasteiger charge is 2.34. The monoisotopic (exact) mass is 573 g/mol. The summed E-state index contributed by atoms with van der Waals surface area (Å²) < 4.78 is 43.7. The molecule has 2 aromatic rings. The highest BCUT2D eigenvalue weighted by molar-refractivity contribution is 7.92. The minimum absolute atomic E-state index is 0.0425. The van der Waals surface area contributed by atoms with Gasteiger partial charge in [-0.2, -0.15) is 0 Å². The Morgan fingerprint density at radius 3 is 2.50 bits per heavy atom. The van der Waals surface area contributed by atoms with Gasteiger partial charge in [-0.3, -0.25) is 13.9 Å². The molecule has 2 amide bonds. The molecule has 1 aliphatic heterocycles. The molecule has 0 bridgehead atoms. The smallest absolute Gasteiger partial charge is 0.244 e. The predicted molar refractivity (Wildman–Crippen MR) is 152 cm³/mol. The zero-order valence-corrected chi connectivity index (χ0v) is 24.2. The number of methoxy groups -OCH3 is 1. The van der Waals surface area contributed by atoms with Crippen molar-refractivity contribution in [2.45, 2.75) is 71.0 Å². The van der Waals surface area contributed by atoms with Crippen molar-refractivity contribution in [3.05, 3.63) is 48.0 Å². The molecule has 0 radical (unpaired) electrons. The van der Waals surface area contributed by atoms with Crippen LogP contribution in [0.25, 0.3) is 0 Å². The first-order chi connectivity index (χ1) is 19.2. The van der Waals surface area contributed by atoms with Crippen LogP contribution in [0.3, 0.4) is 0 Å². The predicted octanol–water partition coefficient (Wildman–Crippen LogP) is 3.84. The number of ether oxygens (including phenoxy) is 3. The van der Waals surface area contributed by atoms with Gasteiger partial charge in [0.2, 0.25) is 28.6 Å². The number of sulfonamides is 1. The van der Waals surface area contributed by atoms with Crippen molar-refractivity contribution in [3.63, 3.8) is 0 Å². The summed E-state index contributed by atoms with van der Waals surface area (Å²) in [4.78, 5) is 29.1. The first-order valence-corrected chi connectivity index (χ1v) is 15.5. The van der Waals surface area contributed by atoms with Gasteiger partial charge >= 0.3 is 0 Å². The normalized spacial score (nSPS) is 15.8. The van der Waals surface area contributed by atoms with E-state index in [0.29, 0.717) is 29.4 Å². The second-order valence-corrected chi connectivity index (χ2v) is 12.3. The molecule has 0 unspecified atom stereocenters. The molecule has 10 nitrogen and oxygen atoms in total. The van der Waals surface area contributed by atoms with E-state index in [4.69, 9.17) is 14.2 Å². The Labute approximate surface area is 236 Å². The van der Waals surface area contributed by atoms with Crippen molar-refractivity contribution in [1.29, 1.82) is 0 Å². The molecule has 1 N–H and O–H groups in total. The second kappa shape index (κ2) is 13.3. The Balaban J connectivity index is 1.65. The summed E-state index contributed by atoms with van der Waals surface area (Å²) in [7, 11) is -2.29. The van der Waals surface area contributed by atoms with E-state index in [1.807, 2.05) is 25.1 Å². The average Bonchev–Trinajstić information content (AvgIpc) is 3.44. The molecule has 1 heterocycles. The molecular weight excluding hydrogens is 534 g/mol. The van der Waals surface area contributed by atoms with Gasteiger partial charge in [-0.05, 0) is 56.0 Å². The van der Waals surface area contributed by atoms with Crippen LogP contribution in [0.4, 0.5) is 5.69 Å². The van der Waals surface area contributed by atoms with Crippen molar-refractivity contribution in [2.24, 2.45) is 0 Å². The third-order valence-corrected chi connectivity index (χ3v) is 9.19. The molecule has 1 fully saturated rings. The maximum atomic E-state index is 14.0. The molecule has 218 valence electrons. The number of hydrogen-bond donors (Lipinski definition) is 1. The lowest BCUT2D eigenvalue weighted by atomic mass is 9.95. The van der Waals surface area contributed by atoms with Crippen molar-refractivity contribution in [3.8, 4) is 17.2 Å². The molecule has 11 heteroatoms. The van der Waals surface area contributed by atoms with Crippen LogP contribution in [0.1, 0.15) is 57.9 Å². The lowest BCUT2D eigenvalue weighted by Gasteiger charge is -2.34. The quantitative estimate of drug-likeness (QED) is 0.410. The molecular formula is C29H39N3O7S. The number of benzene rings is 2. The van der Waals surface area contributed by atoms with Crippen molar-refractivity contribution in [2.75, 3.05) is 30.5 Å². The molecule has 0 saturated heterocycles. The number of nitrogens with zero attached hydrogens (tertiary/aromatic N) is 2. The summed E-state index contributed by atoms with van der Waals surface area (Å²) >= 11 is 0. The van der Waals surface area contributed by atoms with Gasteiger partial charge in [-0.25, -0.2) is 8.42 Å². The van der Waals surface area contributed by atoms with E-state index >= 15 is 0 Å². The van der Waals surface area contributed by atoms with Gasteiger partial charge in [-0.15, -0.1) is 0 Å². The Kier molecular flexibility index (Phi) is 9.78. The fraction of sp³-hybridized carbons (Fsp3) is 0.517. The molecule has 1 aliphatic carbocycles. The molecule has 4 rings (SSSR count). The number of rotatable bonds is 12. The lowest BCUT2D eigenvalue weighted by Crippen LogP contribution is -2.54. The van der Waals surface area contributed by atoms with Gasteiger partial charge < -0.3 is 24.4 Å². The van der Waals surface area contributed by atoms with E-state index in [1.165, 1.54) is 11.8 Å². The highest BCUT2D eigenvalue weighted by Crippen LogP contribution is 2.36. The van der Waals surface area contributed by atoms with Crippen LogP contribution in [0, 0.1) is 0 Å². The first kappa shape index (κ1) is 29.5. The number of fused-ring (bicyclic) bond motifs is 1. The molecule has 40 heavy (non-hydrogen) atoms. The zero-order chi connectivity index (χ0) is 28.7. The van der Waals surface area contributed by atoms with E-state index in [-0.39, 0.29) is 31.0 Å². The fourth-order valence-electron chi connectivity index (χ4n) is 5.19. The average molecular weight is 574 g/mol. The SMILES string of the molecule is CC[C@H](C(=O)NC1CCCCC1)N(Cc1cccc(OC)c1)C(=O)CN(c1ccc2c(c1)OCO2)S(=O)(=O)CC. The minimum atomic E-state index is -3.85. The van der Waals surface area contributed by atoms with E-state index in [2.05, 4.69) is 5.32 Å². The van der Waals surface area contributed by atoms with Crippen LogP contribution in [0.2, 0.25) is 0 Å². The van der Waals surface area contributed by atoms with E-state index < -0.39 is 28.5 Å². The maximum Gasteiger partial charge on any atom is 0.244 e. The standard InChI is InChI=1S/C29H39N3O7S/c1-4-25(29(34)30-22-11-7-6-8-12-22)31(18-21-10-9-13-24(16-21)37-3)28(33)19-32(40(35,36)5-2)23-14-15-26-27(17-23)39-20-38-26/h9-10,13-17,22,25H,4-8,11-12,18-20H2,1-3H3,(H,30,34)/t25-/m1/s1. The summed E-state index contributed by atoms with van der Waals surface area (Å²) in [5.74, 6) is 0.632. The Morgan fingerprint density at radius 2 is 1.80 bits per heavy atom. The van der Waals surface area contributed by atoms with Crippen LogP contribution in [-0.4, -0.2) is 63.4 Å². The van der Waals surface area contributed by atoms with Crippen molar-refractivity contribution < 1.29 is 32.2 Å². The summed E-state index contributed by atoms with van der Waals surface area (Å²) in [5, 5.41) is 3.15. The van der Waals surface area contributed by atoms with Gasteiger partial charge in [0.15, 0.2) is 11.5 Å². The Hall–Kier alpha value is -3.47. The van der Waals surface area contributed by atoms with E-state index in [1.54, 1.807) is 31.4 Å². The van der Waals surface area contributed by atoms with Gasteiger partial charge in [0.25, 0.3) is 0 Å². The molecule has 0 aromatic heterocycles. The number of carbonyl (C=O) groups is 2. The summed E-state index contributed by atoms with van der Waals surface area (Å²) in [5.41, 5.74) is 1.06. The van der Waals surface area contributed by atoms with Crippen molar-refractivity contribution in [1.82, 2.24) is 10.2 Å². The number of anilines is 1. The van der Waals surface area contributed by atoms with Crippen LogP contribution in [0.5, 0.6) is 17.2 Å². The lowest BCUT2D eigenvalue weighted by molar-refractivity contribution is -0.140. The topological polar surface area (TPSA) is 114 Å². The number of amides is 2. The summed E-state index contributed by atoms with van der Waals surface area (Å²) in [6, 6.07) is 11.4. The van der Waals surface area contributed by atoms with Gasteiger partial charge in [0.1, 0.15) is 18.3 Å². The number of nitrogens with one attached hydrogen (secondary N) is 1. The van der Waals surface area contributed by atoms with Crippen LogP contribution in [-0.2, 0) is 26.2 Å². The third-order valence-electron chi connectivity index (χ3n) is 7.45. The second-order valence-electron chi connectivity index (χ2n) is 10.1. The number of hydrogen-bond acceptors (Lipinski definition) is 7. The molecule has 1 atom stereocenters. The van der Waals surface area contributed by atoms with Crippen LogP contribution in [0.15, 0.2) is 42.5 Å². The Bertz CT molecular complexity index is 1290. The molecule has 1 saturated carbocycles. The van der Waals surface area contributed by atoms with E-state index in [0.717, 1.165) is 42.0 Å². The zero-order valence-electron chi connectivity index (χ0n) is 23.4. The summed E-state index contributed by atoms with van der Waals surface area (Å²) in [6.07, 6.45) is 5.49. The molecule has 2 aromatic carbocycles. The maximum absolute atomic E-state index is 14.0. The number of carbonyl (C=O) groups excluding carboxylic acids is 2. The van der Waals surface area contributed by atoms with Crippen LogP contribution < -0.4 is 23.8 Å². The molecule has 0 spiro atoms. The highest BCUT2D eigenvalue weighted by atomic mass is 32.2. The van der Waals surface area contributed by atoms with Crippen LogP contribution >= 0.6 is 0 Å².